The molecule has 34 heavy (non-hydrogen) atoms. The van der Waals surface area contributed by atoms with Crippen LogP contribution in [0.2, 0.25) is 0 Å². The number of carbonyl (C=O) groups excluding carboxylic acids is 1. The number of aromatic amines is 2. The van der Waals surface area contributed by atoms with Gasteiger partial charge in [-0.1, -0.05) is 44.2 Å². The Morgan fingerprint density at radius 2 is 1.65 bits per heavy atom. The van der Waals surface area contributed by atoms with Crippen LogP contribution in [0.4, 0.5) is 0 Å². The van der Waals surface area contributed by atoms with E-state index < -0.39 is 35.2 Å². The molecule has 1 amide bonds. The van der Waals surface area contributed by atoms with Crippen LogP contribution in [0.25, 0.3) is 21.8 Å². The molecule has 0 aliphatic rings. The van der Waals surface area contributed by atoms with Gasteiger partial charge in [-0.15, -0.1) is 0 Å². The third-order valence-corrected chi connectivity index (χ3v) is 5.86. The van der Waals surface area contributed by atoms with Gasteiger partial charge in [0, 0.05) is 23.5 Å². The Kier molecular flexibility index (Phi) is 6.36. The van der Waals surface area contributed by atoms with Crippen LogP contribution in [-0.2, 0) is 16.0 Å². The van der Waals surface area contributed by atoms with E-state index in [2.05, 4.69) is 15.3 Å². The third-order valence-electron chi connectivity index (χ3n) is 5.86. The summed E-state index contributed by atoms with van der Waals surface area (Å²) in [5, 5.41) is 13.3. The van der Waals surface area contributed by atoms with Crippen LogP contribution in [0, 0.1) is 5.92 Å². The summed E-state index contributed by atoms with van der Waals surface area (Å²) in [6.07, 6.45) is 1.96. The number of hydrogen-bond donors (Lipinski definition) is 4. The second kappa shape index (κ2) is 9.38. The van der Waals surface area contributed by atoms with E-state index in [4.69, 9.17) is 0 Å². The molecule has 0 aliphatic heterocycles. The fraction of sp³-hybridized carbons (Fsp3) is 0.280. The molecule has 0 aliphatic carbocycles. The minimum absolute atomic E-state index is 0.0141. The molecule has 2 atom stereocenters. The zero-order chi connectivity index (χ0) is 24.4. The maximum absolute atomic E-state index is 13.4. The smallest absolute Gasteiger partial charge is 0.329 e. The molecule has 176 valence electrons. The van der Waals surface area contributed by atoms with Crippen LogP contribution in [0.15, 0.2) is 64.3 Å². The fourth-order valence-corrected chi connectivity index (χ4v) is 4.23. The lowest BCUT2D eigenvalue weighted by Gasteiger charge is -2.22. The number of benzene rings is 2. The van der Waals surface area contributed by atoms with E-state index in [0.717, 1.165) is 21.0 Å². The number of para-hydroxylation sites is 2. The van der Waals surface area contributed by atoms with Crippen LogP contribution in [0.5, 0.6) is 0 Å². The number of fused-ring (bicyclic) bond motifs is 2. The van der Waals surface area contributed by atoms with Crippen molar-refractivity contribution >= 4 is 33.7 Å². The van der Waals surface area contributed by atoms with E-state index in [0.29, 0.717) is 5.52 Å². The van der Waals surface area contributed by atoms with Crippen molar-refractivity contribution in [2.24, 2.45) is 5.92 Å². The molecule has 0 saturated heterocycles. The Bertz CT molecular complexity index is 1480. The highest BCUT2D eigenvalue weighted by Gasteiger charge is 2.30. The molecule has 0 fully saturated rings. The molecule has 4 N–H and O–H groups in total. The third kappa shape index (κ3) is 4.50. The molecule has 0 bridgehead atoms. The number of H-pyrrole nitrogens is 2. The molecule has 2 heterocycles. The average Bonchev–Trinajstić information content (AvgIpc) is 3.20. The Morgan fingerprint density at radius 3 is 2.32 bits per heavy atom. The first-order chi connectivity index (χ1) is 16.3. The molecular formula is C25H26N4O5. The number of aliphatic carboxylic acids is 1. The lowest BCUT2D eigenvalue weighted by molar-refractivity contribution is -0.142. The van der Waals surface area contributed by atoms with Crippen molar-refractivity contribution in [2.45, 2.75) is 38.8 Å². The summed E-state index contributed by atoms with van der Waals surface area (Å²) in [5.74, 6) is -1.87. The summed E-state index contributed by atoms with van der Waals surface area (Å²) in [5.41, 5.74) is 0.586. The summed E-state index contributed by atoms with van der Waals surface area (Å²) in [6, 6.07) is 11.6. The minimum Gasteiger partial charge on any atom is -0.480 e. The van der Waals surface area contributed by atoms with Crippen LogP contribution in [-0.4, -0.2) is 37.6 Å². The molecule has 4 rings (SSSR count). The summed E-state index contributed by atoms with van der Waals surface area (Å²) >= 11 is 0. The molecule has 9 nitrogen and oxygen atoms in total. The molecule has 0 saturated carbocycles. The predicted octanol–water partition coefficient (Wildman–Crippen LogP) is 2.57. The summed E-state index contributed by atoms with van der Waals surface area (Å²) in [4.78, 5) is 57.3. The van der Waals surface area contributed by atoms with Gasteiger partial charge in [0.25, 0.3) is 5.56 Å². The Hall–Kier alpha value is -4.14. The molecule has 0 radical (unpaired) electrons. The van der Waals surface area contributed by atoms with E-state index in [9.17, 15) is 24.3 Å². The van der Waals surface area contributed by atoms with Crippen molar-refractivity contribution in [3.05, 3.63) is 81.1 Å². The van der Waals surface area contributed by atoms with Gasteiger partial charge in [-0.3, -0.25) is 9.59 Å². The molecule has 4 aromatic rings. The van der Waals surface area contributed by atoms with Gasteiger partial charge in [0.05, 0.1) is 10.9 Å². The molecule has 9 heteroatoms. The van der Waals surface area contributed by atoms with Gasteiger partial charge in [-0.25, -0.2) is 14.2 Å². The average molecular weight is 463 g/mol. The second-order valence-corrected chi connectivity index (χ2v) is 8.76. The van der Waals surface area contributed by atoms with Crippen LogP contribution in [0.1, 0.15) is 31.9 Å². The lowest BCUT2D eigenvalue weighted by Crippen LogP contribution is -2.49. The number of carboxylic acid groups (broad SMARTS) is 1. The van der Waals surface area contributed by atoms with Gasteiger partial charge in [0.15, 0.2) is 0 Å². The first-order valence-electron chi connectivity index (χ1n) is 11.1. The van der Waals surface area contributed by atoms with Gasteiger partial charge < -0.3 is 20.4 Å². The summed E-state index contributed by atoms with van der Waals surface area (Å²) in [7, 11) is 0. The van der Waals surface area contributed by atoms with E-state index >= 15 is 0 Å². The number of amides is 1. The number of rotatable bonds is 8. The predicted molar refractivity (Wildman–Crippen MR) is 129 cm³/mol. The van der Waals surface area contributed by atoms with Gasteiger partial charge in [0.1, 0.15) is 12.1 Å². The fourth-order valence-electron chi connectivity index (χ4n) is 4.23. The van der Waals surface area contributed by atoms with Crippen molar-refractivity contribution in [2.75, 3.05) is 0 Å². The van der Waals surface area contributed by atoms with Crippen molar-refractivity contribution < 1.29 is 14.7 Å². The highest BCUT2D eigenvalue weighted by molar-refractivity contribution is 5.88. The van der Waals surface area contributed by atoms with Gasteiger partial charge in [-0.05, 0) is 36.1 Å². The van der Waals surface area contributed by atoms with E-state index in [-0.39, 0.29) is 24.1 Å². The minimum atomic E-state index is -1.26. The van der Waals surface area contributed by atoms with E-state index in [1.54, 1.807) is 30.5 Å². The summed E-state index contributed by atoms with van der Waals surface area (Å²) < 4.78 is 0.883. The number of aromatic nitrogens is 3. The molecule has 2 aromatic heterocycles. The Labute approximate surface area is 194 Å². The zero-order valence-corrected chi connectivity index (χ0v) is 18.9. The highest BCUT2D eigenvalue weighted by atomic mass is 16.4. The van der Waals surface area contributed by atoms with Crippen molar-refractivity contribution in [1.29, 1.82) is 0 Å². The van der Waals surface area contributed by atoms with E-state index in [1.165, 1.54) is 0 Å². The highest BCUT2D eigenvalue weighted by Crippen LogP contribution is 2.23. The van der Waals surface area contributed by atoms with Crippen molar-refractivity contribution in [1.82, 2.24) is 19.9 Å². The number of carboxylic acids is 1. The standard InChI is InChI=1S/C25H26N4O5/c1-14(2)11-20(24(32)33)27-22(30)21(12-15-13-26-18-9-5-3-7-16(15)18)29-23(31)17-8-4-6-10-19(17)28-25(29)34/h3-10,13-14,20-21,26H,11-12H2,1-2H3,(H,27,30)(H,28,34)(H,32,33)/t20-,21-/m1/s1. The first kappa shape index (κ1) is 23.0. The van der Waals surface area contributed by atoms with Crippen molar-refractivity contribution in [3.8, 4) is 0 Å². The first-order valence-corrected chi connectivity index (χ1v) is 11.1. The number of nitrogens with one attached hydrogen (secondary N) is 3. The van der Waals surface area contributed by atoms with Crippen LogP contribution < -0.4 is 16.6 Å². The normalized spacial score (nSPS) is 13.3. The van der Waals surface area contributed by atoms with Crippen molar-refractivity contribution in [3.63, 3.8) is 0 Å². The second-order valence-electron chi connectivity index (χ2n) is 8.76. The molecule has 2 aromatic carbocycles. The van der Waals surface area contributed by atoms with Gasteiger partial charge in [0.2, 0.25) is 5.91 Å². The van der Waals surface area contributed by atoms with Crippen LogP contribution in [0.3, 0.4) is 0 Å². The topological polar surface area (TPSA) is 137 Å². The van der Waals surface area contributed by atoms with E-state index in [1.807, 2.05) is 38.1 Å². The Morgan fingerprint density at radius 1 is 1.00 bits per heavy atom. The molecule has 0 unspecified atom stereocenters. The SMILES string of the molecule is CC(C)C[C@@H](NC(=O)[C@@H](Cc1c[nH]c2ccccc12)n1c(=O)[nH]c2ccccc2c1=O)C(=O)O. The maximum Gasteiger partial charge on any atom is 0.329 e. The summed E-state index contributed by atoms with van der Waals surface area (Å²) in [6.45, 7) is 3.70. The van der Waals surface area contributed by atoms with Gasteiger partial charge >= 0.3 is 11.7 Å². The number of carbonyl (C=O) groups is 2. The monoisotopic (exact) mass is 462 g/mol. The molecular weight excluding hydrogens is 436 g/mol. The Balaban J connectivity index is 1.82. The lowest BCUT2D eigenvalue weighted by atomic mass is 10.0. The van der Waals surface area contributed by atoms with Gasteiger partial charge in [-0.2, -0.15) is 0 Å². The molecule has 0 spiro atoms. The maximum atomic E-state index is 13.4. The number of hydrogen-bond acceptors (Lipinski definition) is 4. The zero-order valence-electron chi connectivity index (χ0n) is 18.9. The quantitative estimate of drug-likeness (QED) is 0.319. The number of nitrogens with zero attached hydrogens (tertiary/aromatic N) is 1. The van der Waals surface area contributed by atoms with Crippen LogP contribution >= 0.6 is 0 Å². The largest absolute Gasteiger partial charge is 0.480 e.